The van der Waals surface area contributed by atoms with E-state index in [-0.39, 0.29) is 0 Å². The smallest absolute Gasteiger partial charge is 0.154 e. The summed E-state index contributed by atoms with van der Waals surface area (Å²) in [4.78, 5) is 4.35. The summed E-state index contributed by atoms with van der Waals surface area (Å²) >= 11 is 0. The number of aromatic nitrogens is 5. The zero-order valence-corrected chi connectivity index (χ0v) is 10.4. The monoisotopic (exact) mass is 254 g/mol. The molecule has 0 saturated heterocycles. The summed E-state index contributed by atoms with van der Waals surface area (Å²) in [5, 5.41) is 14.7. The maximum atomic E-state index is 4.59. The lowest BCUT2D eigenvalue weighted by Gasteiger charge is -2.05. The van der Waals surface area contributed by atoms with Crippen molar-refractivity contribution in [1.29, 1.82) is 0 Å². The molecule has 3 aromatic rings. The van der Waals surface area contributed by atoms with Crippen LogP contribution in [0.15, 0.2) is 30.7 Å². The van der Waals surface area contributed by atoms with Gasteiger partial charge in [0.15, 0.2) is 5.65 Å². The molecule has 3 aromatic heterocycles. The van der Waals surface area contributed by atoms with Gasteiger partial charge in [-0.3, -0.25) is 5.10 Å². The van der Waals surface area contributed by atoms with Crippen molar-refractivity contribution in [2.45, 2.75) is 12.8 Å². The number of nitrogens with one attached hydrogen (secondary N) is 2. The van der Waals surface area contributed by atoms with Gasteiger partial charge < -0.3 is 5.32 Å². The van der Waals surface area contributed by atoms with Crippen molar-refractivity contribution in [3.05, 3.63) is 30.7 Å². The van der Waals surface area contributed by atoms with Crippen LogP contribution in [0.25, 0.3) is 16.9 Å². The fraction of sp³-hybridized carbons (Fsp3) is 0.308. The lowest BCUT2D eigenvalue weighted by molar-refractivity contribution is 0.862. The Labute approximate surface area is 109 Å². The van der Waals surface area contributed by atoms with E-state index in [1.54, 1.807) is 6.20 Å². The Bertz CT molecular complexity index is 695. The fourth-order valence-electron chi connectivity index (χ4n) is 2.13. The average Bonchev–Trinajstić information content (AvgIpc) is 2.94. The summed E-state index contributed by atoms with van der Waals surface area (Å²) in [5.74, 6) is 1.72. The molecular formula is C13H14N6. The molecule has 1 aliphatic rings. The van der Waals surface area contributed by atoms with Gasteiger partial charge in [0.05, 0.1) is 18.1 Å². The summed E-state index contributed by atoms with van der Waals surface area (Å²) in [5.41, 5.74) is 2.77. The van der Waals surface area contributed by atoms with Crippen LogP contribution in [0.1, 0.15) is 12.8 Å². The van der Waals surface area contributed by atoms with Crippen molar-refractivity contribution < 1.29 is 0 Å². The summed E-state index contributed by atoms with van der Waals surface area (Å²) in [6.07, 6.45) is 8.10. The standard InChI is InChI=1S/C13H14N6/c1-2-9(1)5-14-12-3-4-13-15-8-11(19(13)18-12)10-6-16-17-7-10/h3-4,6-9H,1-2,5H2,(H,14,18)(H,16,17). The average molecular weight is 254 g/mol. The van der Waals surface area contributed by atoms with Gasteiger partial charge in [0, 0.05) is 18.3 Å². The second-order valence-corrected chi connectivity index (χ2v) is 4.94. The lowest BCUT2D eigenvalue weighted by Crippen LogP contribution is -2.07. The Morgan fingerprint density at radius 2 is 2.26 bits per heavy atom. The number of nitrogens with zero attached hydrogens (tertiary/aromatic N) is 4. The van der Waals surface area contributed by atoms with Crippen LogP contribution in [0.3, 0.4) is 0 Å². The molecule has 0 radical (unpaired) electrons. The summed E-state index contributed by atoms with van der Waals surface area (Å²) in [6.45, 7) is 1.01. The van der Waals surface area contributed by atoms with E-state index in [0.29, 0.717) is 0 Å². The van der Waals surface area contributed by atoms with Gasteiger partial charge in [-0.15, -0.1) is 5.10 Å². The van der Waals surface area contributed by atoms with Crippen LogP contribution in [0, 0.1) is 5.92 Å². The van der Waals surface area contributed by atoms with Crippen molar-refractivity contribution in [2.75, 3.05) is 11.9 Å². The number of fused-ring (bicyclic) bond motifs is 1. The third-order valence-electron chi connectivity index (χ3n) is 3.43. The lowest BCUT2D eigenvalue weighted by atomic mass is 10.3. The maximum absolute atomic E-state index is 4.59. The highest BCUT2D eigenvalue weighted by Crippen LogP contribution is 2.28. The molecule has 0 aliphatic heterocycles. The molecule has 1 aliphatic carbocycles. The van der Waals surface area contributed by atoms with Crippen LogP contribution in [0.4, 0.5) is 5.82 Å². The first kappa shape index (κ1) is 10.5. The summed E-state index contributed by atoms with van der Waals surface area (Å²) in [6, 6.07) is 3.95. The van der Waals surface area contributed by atoms with Crippen molar-refractivity contribution in [3.63, 3.8) is 0 Å². The van der Waals surface area contributed by atoms with Crippen LogP contribution in [-0.2, 0) is 0 Å². The van der Waals surface area contributed by atoms with Gasteiger partial charge in [-0.25, -0.2) is 9.50 Å². The molecule has 0 spiro atoms. The van der Waals surface area contributed by atoms with E-state index < -0.39 is 0 Å². The first-order valence-corrected chi connectivity index (χ1v) is 6.48. The van der Waals surface area contributed by atoms with Gasteiger partial charge in [0.2, 0.25) is 0 Å². The van der Waals surface area contributed by atoms with Crippen molar-refractivity contribution in [1.82, 2.24) is 24.8 Å². The number of rotatable bonds is 4. The Morgan fingerprint density at radius 3 is 3.05 bits per heavy atom. The topological polar surface area (TPSA) is 70.9 Å². The fourth-order valence-corrected chi connectivity index (χ4v) is 2.13. The Balaban J connectivity index is 1.71. The zero-order chi connectivity index (χ0) is 12.7. The molecule has 3 heterocycles. The van der Waals surface area contributed by atoms with Crippen LogP contribution in [-0.4, -0.2) is 31.3 Å². The first-order chi connectivity index (χ1) is 9.40. The molecule has 6 nitrogen and oxygen atoms in total. The van der Waals surface area contributed by atoms with Crippen LogP contribution < -0.4 is 5.32 Å². The largest absolute Gasteiger partial charge is 0.368 e. The zero-order valence-electron chi connectivity index (χ0n) is 10.4. The van der Waals surface area contributed by atoms with Crippen molar-refractivity contribution in [3.8, 4) is 11.3 Å². The first-order valence-electron chi connectivity index (χ1n) is 6.48. The Hall–Kier alpha value is -2.37. The summed E-state index contributed by atoms with van der Waals surface area (Å²) < 4.78 is 1.85. The van der Waals surface area contributed by atoms with E-state index >= 15 is 0 Å². The van der Waals surface area contributed by atoms with Crippen LogP contribution in [0.5, 0.6) is 0 Å². The van der Waals surface area contributed by atoms with Crippen LogP contribution in [0.2, 0.25) is 0 Å². The molecule has 1 saturated carbocycles. The number of H-pyrrole nitrogens is 1. The third kappa shape index (κ3) is 1.95. The van der Waals surface area contributed by atoms with E-state index in [0.717, 1.165) is 35.2 Å². The van der Waals surface area contributed by atoms with E-state index in [1.807, 2.05) is 29.0 Å². The second-order valence-electron chi connectivity index (χ2n) is 4.94. The molecule has 0 unspecified atom stereocenters. The predicted molar refractivity (Wildman–Crippen MR) is 71.8 cm³/mol. The van der Waals surface area contributed by atoms with Gasteiger partial charge in [-0.2, -0.15) is 5.10 Å². The van der Waals surface area contributed by atoms with Gasteiger partial charge in [0.25, 0.3) is 0 Å². The van der Waals surface area contributed by atoms with E-state index in [2.05, 4.69) is 25.6 Å². The van der Waals surface area contributed by atoms with Crippen LogP contribution >= 0.6 is 0 Å². The molecule has 0 atom stereocenters. The molecule has 96 valence electrons. The molecule has 2 N–H and O–H groups in total. The second kappa shape index (κ2) is 4.08. The quantitative estimate of drug-likeness (QED) is 0.746. The van der Waals surface area contributed by atoms with Crippen molar-refractivity contribution >= 4 is 11.5 Å². The predicted octanol–water partition coefficient (Wildman–Crippen LogP) is 1.94. The molecule has 4 rings (SSSR count). The number of hydrogen-bond acceptors (Lipinski definition) is 4. The maximum Gasteiger partial charge on any atom is 0.154 e. The van der Waals surface area contributed by atoms with Gasteiger partial charge >= 0.3 is 0 Å². The molecular weight excluding hydrogens is 240 g/mol. The van der Waals surface area contributed by atoms with Gasteiger partial charge in [0.1, 0.15) is 5.82 Å². The normalized spacial score (nSPS) is 14.9. The number of hydrogen-bond donors (Lipinski definition) is 2. The minimum atomic E-state index is 0.827. The highest BCUT2D eigenvalue weighted by Gasteiger charge is 2.20. The van der Waals surface area contributed by atoms with E-state index in [9.17, 15) is 0 Å². The number of aromatic amines is 1. The summed E-state index contributed by atoms with van der Waals surface area (Å²) in [7, 11) is 0. The molecule has 19 heavy (non-hydrogen) atoms. The number of anilines is 1. The Kier molecular flexibility index (Phi) is 2.26. The highest BCUT2D eigenvalue weighted by atomic mass is 15.3. The highest BCUT2D eigenvalue weighted by molar-refractivity contribution is 5.62. The van der Waals surface area contributed by atoms with Crippen molar-refractivity contribution in [2.24, 2.45) is 5.92 Å². The third-order valence-corrected chi connectivity index (χ3v) is 3.43. The molecule has 0 amide bonds. The van der Waals surface area contributed by atoms with Gasteiger partial charge in [-0.1, -0.05) is 0 Å². The minimum Gasteiger partial charge on any atom is -0.368 e. The van der Waals surface area contributed by atoms with E-state index in [4.69, 9.17) is 0 Å². The molecule has 6 heteroatoms. The van der Waals surface area contributed by atoms with Gasteiger partial charge in [-0.05, 0) is 30.9 Å². The SMILES string of the molecule is c1n[nH]cc1-c1cnc2ccc(NCC3CC3)nn12. The molecule has 1 fully saturated rings. The minimum absolute atomic E-state index is 0.827. The Morgan fingerprint density at radius 1 is 1.32 bits per heavy atom. The molecule has 0 bridgehead atoms. The molecule has 0 aromatic carbocycles. The van der Waals surface area contributed by atoms with E-state index in [1.165, 1.54) is 12.8 Å². The number of imidazole rings is 1.